The van der Waals surface area contributed by atoms with E-state index < -0.39 is 6.10 Å². The first-order chi connectivity index (χ1) is 9.85. The highest BCUT2D eigenvalue weighted by Crippen LogP contribution is 2.32. The van der Waals surface area contributed by atoms with Gasteiger partial charge in [-0.25, -0.2) is 0 Å². The van der Waals surface area contributed by atoms with Gasteiger partial charge in [-0.1, -0.05) is 32.4 Å². The van der Waals surface area contributed by atoms with E-state index in [1.165, 1.54) is 0 Å². The van der Waals surface area contributed by atoms with Gasteiger partial charge in [-0.2, -0.15) is 0 Å². The van der Waals surface area contributed by atoms with Crippen LogP contribution in [0.25, 0.3) is 0 Å². The highest BCUT2D eigenvalue weighted by atomic mass is 35.5. The maximum Gasteiger partial charge on any atom is 0.123 e. The van der Waals surface area contributed by atoms with Crippen LogP contribution in [0.3, 0.4) is 0 Å². The Morgan fingerprint density at radius 3 is 2.52 bits per heavy atom. The molecule has 0 aliphatic heterocycles. The molecule has 0 saturated carbocycles. The van der Waals surface area contributed by atoms with Gasteiger partial charge >= 0.3 is 0 Å². The first-order valence-electron chi connectivity index (χ1n) is 7.69. The second kappa shape index (κ2) is 8.62. The molecule has 120 valence electrons. The second-order valence-electron chi connectivity index (χ2n) is 5.98. The summed E-state index contributed by atoms with van der Waals surface area (Å²) in [5.74, 6) is 1.14. The lowest BCUT2D eigenvalue weighted by Crippen LogP contribution is -2.36. The third-order valence-corrected chi connectivity index (χ3v) is 4.07. The number of aliphatic hydroxyl groups is 1. The Kier molecular flexibility index (Phi) is 7.50. The molecular formula is C17H28ClNO2. The van der Waals surface area contributed by atoms with Crippen LogP contribution in [0.15, 0.2) is 12.1 Å². The lowest BCUT2D eigenvalue weighted by Gasteiger charge is -2.19. The molecule has 0 aliphatic rings. The van der Waals surface area contributed by atoms with Crippen molar-refractivity contribution in [2.75, 3.05) is 13.2 Å². The molecule has 0 aliphatic carbocycles. The summed E-state index contributed by atoms with van der Waals surface area (Å²) >= 11 is 6.18. The summed E-state index contributed by atoms with van der Waals surface area (Å²) < 4.78 is 5.81. The Morgan fingerprint density at radius 1 is 1.29 bits per heavy atom. The van der Waals surface area contributed by atoms with Gasteiger partial charge in [-0.3, -0.25) is 0 Å². The van der Waals surface area contributed by atoms with Gasteiger partial charge < -0.3 is 15.2 Å². The van der Waals surface area contributed by atoms with Gasteiger partial charge in [0, 0.05) is 17.6 Å². The van der Waals surface area contributed by atoms with Crippen LogP contribution in [0.4, 0.5) is 0 Å². The summed E-state index contributed by atoms with van der Waals surface area (Å²) in [7, 11) is 0. The van der Waals surface area contributed by atoms with Crippen LogP contribution >= 0.6 is 11.6 Å². The minimum Gasteiger partial charge on any atom is -0.491 e. The number of halogens is 1. The molecule has 0 saturated heterocycles. The zero-order chi connectivity index (χ0) is 16.0. The van der Waals surface area contributed by atoms with Gasteiger partial charge in [0.05, 0.1) is 0 Å². The highest BCUT2D eigenvalue weighted by molar-refractivity contribution is 6.31. The molecule has 0 bridgehead atoms. The predicted molar refractivity (Wildman–Crippen MR) is 89.5 cm³/mol. The van der Waals surface area contributed by atoms with E-state index in [4.69, 9.17) is 16.3 Å². The fraction of sp³-hybridized carbons (Fsp3) is 0.647. The molecule has 0 fully saturated rings. The predicted octanol–water partition coefficient (Wildman–Crippen LogP) is 3.90. The van der Waals surface area contributed by atoms with E-state index in [0.29, 0.717) is 18.5 Å². The lowest BCUT2D eigenvalue weighted by atomic mass is 10.0. The maximum absolute atomic E-state index is 9.99. The molecule has 21 heavy (non-hydrogen) atoms. The molecule has 3 nitrogen and oxygen atoms in total. The Hall–Kier alpha value is -0.770. The van der Waals surface area contributed by atoms with Crippen LogP contribution in [0.5, 0.6) is 5.75 Å². The largest absolute Gasteiger partial charge is 0.491 e. The summed E-state index contributed by atoms with van der Waals surface area (Å²) in [5.41, 5.74) is 2.07. The van der Waals surface area contributed by atoms with Gasteiger partial charge in [0.15, 0.2) is 0 Å². The van der Waals surface area contributed by atoms with E-state index in [9.17, 15) is 5.11 Å². The SMILES string of the molecule is CCC(C)NCC(O)COc1cc(C)c(Cl)cc1C(C)C. The standard InChI is InChI=1S/C17H28ClNO2/c1-6-13(5)19-9-14(20)10-21-17-7-12(4)16(18)8-15(17)11(2)3/h7-8,11,13-14,19-20H,6,9-10H2,1-5H3. The summed E-state index contributed by atoms with van der Waals surface area (Å²) in [6.07, 6.45) is 0.525. The van der Waals surface area contributed by atoms with Gasteiger partial charge in [0.2, 0.25) is 0 Å². The van der Waals surface area contributed by atoms with Gasteiger partial charge in [0.1, 0.15) is 18.5 Å². The molecule has 1 aromatic carbocycles. The molecule has 0 aromatic heterocycles. The molecule has 2 atom stereocenters. The molecule has 4 heteroatoms. The Bertz CT molecular complexity index is 449. The lowest BCUT2D eigenvalue weighted by molar-refractivity contribution is 0.103. The molecule has 0 amide bonds. The molecule has 1 rings (SSSR count). The fourth-order valence-corrected chi connectivity index (χ4v) is 2.15. The minimum atomic E-state index is -0.519. The van der Waals surface area contributed by atoms with Crippen LogP contribution in [0, 0.1) is 6.92 Å². The minimum absolute atomic E-state index is 0.282. The number of aliphatic hydroxyl groups excluding tert-OH is 1. The van der Waals surface area contributed by atoms with Gasteiger partial charge in [-0.15, -0.1) is 0 Å². The van der Waals surface area contributed by atoms with E-state index in [0.717, 1.165) is 28.3 Å². The molecule has 0 heterocycles. The smallest absolute Gasteiger partial charge is 0.123 e. The third kappa shape index (κ3) is 5.85. The van der Waals surface area contributed by atoms with Crippen molar-refractivity contribution < 1.29 is 9.84 Å². The van der Waals surface area contributed by atoms with Crippen molar-refractivity contribution in [3.63, 3.8) is 0 Å². The van der Waals surface area contributed by atoms with E-state index in [1.807, 2.05) is 19.1 Å². The first-order valence-corrected chi connectivity index (χ1v) is 8.07. The topological polar surface area (TPSA) is 41.5 Å². The van der Waals surface area contributed by atoms with Crippen LogP contribution in [0.1, 0.15) is 51.2 Å². The van der Waals surface area contributed by atoms with Crippen molar-refractivity contribution in [3.05, 3.63) is 28.3 Å². The first kappa shape index (κ1) is 18.3. The van der Waals surface area contributed by atoms with Gasteiger partial charge in [-0.05, 0) is 49.4 Å². The van der Waals surface area contributed by atoms with Crippen LogP contribution in [-0.4, -0.2) is 30.4 Å². The van der Waals surface area contributed by atoms with Crippen molar-refractivity contribution in [2.45, 2.75) is 59.1 Å². The highest BCUT2D eigenvalue weighted by Gasteiger charge is 2.13. The number of benzene rings is 1. The van der Waals surface area contributed by atoms with E-state index in [-0.39, 0.29) is 6.61 Å². The molecule has 1 aromatic rings. The van der Waals surface area contributed by atoms with Crippen molar-refractivity contribution in [2.24, 2.45) is 0 Å². The Labute approximate surface area is 133 Å². The second-order valence-corrected chi connectivity index (χ2v) is 6.38. The average Bonchev–Trinajstić information content (AvgIpc) is 2.45. The monoisotopic (exact) mass is 313 g/mol. The molecule has 2 N–H and O–H groups in total. The zero-order valence-corrected chi connectivity index (χ0v) is 14.5. The van der Waals surface area contributed by atoms with E-state index in [1.54, 1.807) is 0 Å². The Morgan fingerprint density at radius 2 is 1.95 bits per heavy atom. The van der Waals surface area contributed by atoms with Crippen LogP contribution in [-0.2, 0) is 0 Å². The number of hydrogen-bond acceptors (Lipinski definition) is 3. The van der Waals surface area contributed by atoms with Crippen LogP contribution in [0.2, 0.25) is 5.02 Å². The zero-order valence-electron chi connectivity index (χ0n) is 13.7. The molecule has 2 unspecified atom stereocenters. The molecule has 0 spiro atoms. The van der Waals surface area contributed by atoms with Crippen molar-refractivity contribution in [3.8, 4) is 5.75 Å². The number of ether oxygens (including phenoxy) is 1. The van der Waals surface area contributed by atoms with Crippen molar-refractivity contribution in [1.82, 2.24) is 5.32 Å². The summed E-state index contributed by atoms with van der Waals surface area (Å²) in [4.78, 5) is 0. The summed E-state index contributed by atoms with van der Waals surface area (Å²) in [6.45, 7) is 11.2. The number of nitrogens with one attached hydrogen (secondary N) is 1. The Balaban J connectivity index is 2.64. The van der Waals surface area contributed by atoms with E-state index >= 15 is 0 Å². The molecule has 0 radical (unpaired) electrons. The number of hydrogen-bond donors (Lipinski definition) is 2. The molecular weight excluding hydrogens is 286 g/mol. The fourth-order valence-electron chi connectivity index (χ4n) is 1.97. The quantitative estimate of drug-likeness (QED) is 0.765. The number of aryl methyl sites for hydroxylation is 1. The van der Waals surface area contributed by atoms with Crippen LogP contribution < -0.4 is 10.1 Å². The normalized spacial score (nSPS) is 14.3. The van der Waals surface area contributed by atoms with Gasteiger partial charge in [0.25, 0.3) is 0 Å². The van der Waals surface area contributed by atoms with Crippen molar-refractivity contribution in [1.29, 1.82) is 0 Å². The number of rotatable bonds is 8. The van der Waals surface area contributed by atoms with Crippen molar-refractivity contribution >= 4 is 11.6 Å². The third-order valence-electron chi connectivity index (χ3n) is 3.66. The maximum atomic E-state index is 9.99. The average molecular weight is 314 g/mol. The van der Waals surface area contributed by atoms with E-state index in [2.05, 4.69) is 33.0 Å². The summed E-state index contributed by atoms with van der Waals surface area (Å²) in [6, 6.07) is 4.32. The summed E-state index contributed by atoms with van der Waals surface area (Å²) in [5, 5.41) is 14.0.